The van der Waals surface area contributed by atoms with E-state index in [-0.39, 0.29) is 29.5 Å². The number of fused-ring (bicyclic) bond motifs is 1. The Morgan fingerprint density at radius 3 is 2.67 bits per heavy atom. The van der Waals surface area contributed by atoms with Gasteiger partial charge in [0.15, 0.2) is 0 Å². The van der Waals surface area contributed by atoms with Crippen LogP contribution < -0.4 is 5.32 Å². The van der Waals surface area contributed by atoms with Gasteiger partial charge in [0.25, 0.3) is 0 Å². The van der Waals surface area contributed by atoms with Crippen LogP contribution in [0.5, 0.6) is 0 Å². The monoisotopic (exact) mass is 369 g/mol. The van der Waals surface area contributed by atoms with Crippen LogP contribution in [0.25, 0.3) is 0 Å². The maximum Gasteiger partial charge on any atom is 0.226 e. The van der Waals surface area contributed by atoms with Gasteiger partial charge in [0.2, 0.25) is 11.8 Å². The van der Waals surface area contributed by atoms with Crippen LogP contribution in [0.1, 0.15) is 49.7 Å². The molecule has 5 nitrogen and oxygen atoms in total. The number of halogens is 1. The van der Waals surface area contributed by atoms with Crippen LogP contribution in [0.3, 0.4) is 0 Å². The van der Waals surface area contributed by atoms with Crippen LogP contribution in [0, 0.1) is 29.0 Å². The second-order valence-electron chi connectivity index (χ2n) is 8.07. The summed E-state index contributed by atoms with van der Waals surface area (Å²) in [6.07, 6.45) is 5.13. The topological polar surface area (TPSA) is 73.2 Å². The summed E-state index contributed by atoms with van der Waals surface area (Å²) < 4.78 is 13.9. The SMILES string of the molecule is N#CC1(NC(=O)[C@@H]2CCCCC2C(=O)N2CCc3c(F)cccc3C2)CC1. The van der Waals surface area contributed by atoms with Crippen LogP contribution in [0.15, 0.2) is 18.2 Å². The van der Waals surface area contributed by atoms with Crippen molar-refractivity contribution in [1.29, 1.82) is 5.26 Å². The number of benzene rings is 1. The molecule has 1 unspecified atom stereocenters. The van der Waals surface area contributed by atoms with Gasteiger partial charge in [-0.15, -0.1) is 0 Å². The van der Waals surface area contributed by atoms with Gasteiger partial charge in [-0.3, -0.25) is 9.59 Å². The van der Waals surface area contributed by atoms with E-state index >= 15 is 0 Å². The van der Waals surface area contributed by atoms with Gasteiger partial charge < -0.3 is 10.2 Å². The third-order valence-electron chi connectivity index (χ3n) is 6.27. The molecule has 3 aliphatic rings. The van der Waals surface area contributed by atoms with Gasteiger partial charge in [0.1, 0.15) is 11.4 Å². The molecule has 0 aromatic heterocycles. The second kappa shape index (κ2) is 6.95. The number of nitriles is 1. The first-order chi connectivity index (χ1) is 13.0. The quantitative estimate of drug-likeness (QED) is 0.890. The van der Waals surface area contributed by atoms with Crippen molar-refractivity contribution in [2.24, 2.45) is 11.8 Å². The molecule has 0 bridgehead atoms. The van der Waals surface area contributed by atoms with E-state index in [1.54, 1.807) is 11.0 Å². The number of hydrogen-bond donors (Lipinski definition) is 1. The molecule has 0 radical (unpaired) electrons. The van der Waals surface area contributed by atoms with Gasteiger partial charge in [0, 0.05) is 24.9 Å². The average Bonchev–Trinajstić information content (AvgIpc) is 3.47. The highest BCUT2D eigenvalue weighted by atomic mass is 19.1. The van der Waals surface area contributed by atoms with Crippen molar-refractivity contribution in [2.75, 3.05) is 6.54 Å². The summed E-state index contributed by atoms with van der Waals surface area (Å²) in [5, 5.41) is 12.1. The molecule has 0 saturated heterocycles. The molecule has 27 heavy (non-hydrogen) atoms. The normalized spacial score (nSPS) is 25.9. The lowest BCUT2D eigenvalue weighted by atomic mass is 9.77. The number of amides is 2. The van der Waals surface area contributed by atoms with Crippen molar-refractivity contribution in [3.8, 4) is 6.07 Å². The zero-order valence-corrected chi connectivity index (χ0v) is 15.3. The van der Waals surface area contributed by atoms with Gasteiger partial charge in [-0.1, -0.05) is 25.0 Å². The first-order valence-corrected chi connectivity index (χ1v) is 9.81. The number of nitrogens with one attached hydrogen (secondary N) is 1. The Balaban J connectivity index is 1.48. The van der Waals surface area contributed by atoms with Gasteiger partial charge in [0.05, 0.1) is 6.07 Å². The summed E-state index contributed by atoms with van der Waals surface area (Å²) in [6.45, 7) is 0.888. The zero-order chi connectivity index (χ0) is 19.0. The molecule has 2 aliphatic carbocycles. The summed E-state index contributed by atoms with van der Waals surface area (Å²) >= 11 is 0. The van der Waals surface area contributed by atoms with E-state index in [0.29, 0.717) is 50.8 Å². The Morgan fingerprint density at radius 2 is 1.96 bits per heavy atom. The number of nitrogens with zero attached hydrogens (tertiary/aromatic N) is 2. The van der Waals surface area contributed by atoms with Gasteiger partial charge in [-0.25, -0.2) is 4.39 Å². The molecule has 0 spiro atoms. The number of carbonyl (C=O) groups is 2. The first kappa shape index (κ1) is 18.0. The van der Waals surface area contributed by atoms with E-state index in [9.17, 15) is 19.2 Å². The van der Waals surface area contributed by atoms with Crippen LogP contribution in [-0.4, -0.2) is 28.8 Å². The minimum Gasteiger partial charge on any atom is -0.338 e. The van der Waals surface area contributed by atoms with Crippen LogP contribution in [0.2, 0.25) is 0 Å². The highest BCUT2D eigenvalue weighted by Gasteiger charge is 2.47. The van der Waals surface area contributed by atoms with Crippen LogP contribution in [0.4, 0.5) is 4.39 Å². The smallest absolute Gasteiger partial charge is 0.226 e. The lowest BCUT2D eigenvalue weighted by Crippen LogP contribution is -2.48. The lowest BCUT2D eigenvalue weighted by Gasteiger charge is -2.36. The van der Waals surface area contributed by atoms with Gasteiger partial charge >= 0.3 is 0 Å². The van der Waals surface area contributed by atoms with Crippen molar-refractivity contribution in [3.05, 3.63) is 35.1 Å². The van der Waals surface area contributed by atoms with Crippen LogP contribution >= 0.6 is 0 Å². The van der Waals surface area contributed by atoms with Crippen LogP contribution in [-0.2, 0) is 22.6 Å². The minimum absolute atomic E-state index is 0.00781. The Labute approximate surface area is 158 Å². The van der Waals surface area contributed by atoms with E-state index in [4.69, 9.17) is 0 Å². The third-order valence-corrected chi connectivity index (χ3v) is 6.27. The van der Waals surface area contributed by atoms with Crippen molar-refractivity contribution < 1.29 is 14.0 Å². The fourth-order valence-corrected chi connectivity index (χ4v) is 4.44. The fraction of sp³-hybridized carbons (Fsp3) is 0.571. The van der Waals surface area contributed by atoms with Crippen molar-refractivity contribution >= 4 is 11.8 Å². The molecule has 1 aliphatic heterocycles. The molecular weight excluding hydrogens is 345 g/mol. The van der Waals surface area contributed by atoms with E-state index in [2.05, 4.69) is 11.4 Å². The maximum absolute atomic E-state index is 13.9. The van der Waals surface area contributed by atoms with E-state index in [0.717, 1.165) is 18.4 Å². The summed E-state index contributed by atoms with van der Waals surface area (Å²) in [7, 11) is 0. The van der Waals surface area contributed by atoms with E-state index in [1.807, 2.05) is 6.07 Å². The molecule has 1 N–H and O–H groups in total. The molecule has 2 saturated carbocycles. The molecule has 142 valence electrons. The molecule has 4 rings (SSSR count). The second-order valence-corrected chi connectivity index (χ2v) is 8.07. The maximum atomic E-state index is 13.9. The molecule has 1 aromatic carbocycles. The van der Waals surface area contributed by atoms with Crippen molar-refractivity contribution in [2.45, 2.75) is 57.0 Å². The summed E-state index contributed by atoms with van der Waals surface area (Å²) in [6, 6.07) is 7.19. The molecule has 2 amide bonds. The predicted octanol–water partition coefficient (Wildman–Crippen LogP) is 2.69. The highest BCUT2D eigenvalue weighted by Crippen LogP contribution is 2.38. The molecule has 1 aromatic rings. The molecule has 2 fully saturated rings. The predicted molar refractivity (Wildman–Crippen MR) is 96.7 cm³/mol. The average molecular weight is 369 g/mol. The number of hydrogen-bond acceptors (Lipinski definition) is 3. The summed E-state index contributed by atoms with van der Waals surface area (Å²) in [4.78, 5) is 27.7. The Kier molecular flexibility index (Phi) is 4.63. The summed E-state index contributed by atoms with van der Waals surface area (Å²) in [5.41, 5.74) is 0.848. The zero-order valence-electron chi connectivity index (χ0n) is 15.3. The van der Waals surface area contributed by atoms with Crippen molar-refractivity contribution in [1.82, 2.24) is 10.2 Å². The first-order valence-electron chi connectivity index (χ1n) is 9.81. The number of carbonyl (C=O) groups excluding carboxylic acids is 2. The Hall–Kier alpha value is -2.42. The summed E-state index contributed by atoms with van der Waals surface area (Å²) in [5.74, 6) is -1.09. The Bertz CT molecular complexity index is 812. The highest BCUT2D eigenvalue weighted by molar-refractivity contribution is 5.88. The lowest BCUT2D eigenvalue weighted by molar-refractivity contribution is -0.144. The van der Waals surface area contributed by atoms with Crippen molar-refractivity contribution in [3.63, 3.8) is 0 Å². The Morgan fingerprint density at radius 1 is 1.22 bits per heavy atom. The van der Waals surface area contributed by atoms with Gasteiger partial charge in [-0.05, 0) is 49.3 Å². The van der Waals surface area contributed by atoms with E-state index in [1.165, 1.54) is 6.07 Å². The molecule has 6 heteroatoms. The largest absolute Gasteiger partial charge is 0.338 e. The fourth-order valence-electron chi connectivity index (χ4n) is 4.44. The minimum atomic E-state index is -0.705. The third kappa shape index (κ3) is 3.43. The molecule has 1 heterocycles. The molecular formula is C21H24FN3O2. The standard InChI is InChI=1S/C21H24FN3O2/c22-18-7-3-4-14-12-25(11-8-15(14)18)20(27)17-6-2-1-5-16(17)19(26)24-21(13-23)9-10-21/h3-4,7,16-17H,1-2,5-6,8-12H2,(H,24,26)/t16-,17?/m1/s1. The number of rotatable bonds is 3. The van der Waals surface area contributed by atoms with Gasteiger partial charge in [-0.2, -0.15) is 5.26 Å². The molecule has 2 atom stereocenters. The van der Waals surface area contributed by atoms with E-state index < -0.39 is 5.54 Å².